The van der Waals surface area contributed by atoms with E-state index in [-0.39, 0.29) is 21.3 Å². The van der Waals surface area contributed by atoms with Crippen LogP contribution in [0.1, 0.15) is 5.69 Å². The van der Waals surface area contributed by atoms with E-state index in [4.69, 9.17) is 16.9 Å². The SMILES string of the molecule is N#Cc1ncccc1S(=O)(=O)Nc1cc(F)cc(Cl)c1. The van der Waals surface area contributed by atoms with Crippen LogP contribution < -0.4 is 4.72 Å². The molecule has 0 bridgehead atoms. The Labute approximate surface area is 119 Å². The lowest BCUT2D eigenvalue weighted by Gasteiger charge is -2.09. The van der Waals surface area contributed by atoms with Gasteiger partial charge in [-0.25, -0.2) is 17.8 Å². The van der Waals surface area contributed by atoms with Crippen molar-refractivity contribution in [3.63, 3.8) is 0 Å². The van der Waals surface area contributed by atoms with Crippen LogP contribution in [0.25, 0.3) is 0 Å². The molecule has 8 heteroatoms. The van der Waals surface area contributed by atoms with Crippen molar-refractivity contribution in [3.05, 3.63) is 53.1 Å². The van der Waals surface area contributed by atoms with Gasteiger partial charge in [-0.05, 0) is 30.3 Å². The number of nitrogens with zero attached hydrogens (tertiary/aromatic N) is 2. The number of nitrogens with one attached hydrogen (secondary N) is 1. The van der Waals surface area contributed by atoms with Gasteiger partial charge in [-0.15, -0.1) is 0 Å². The summed E-state index contributed by atoms with van der Waals surface area (Å²) in [4.78, 5) is 3.37. The zero-order valence-electron chi connectivity index (χ0n) is 9.84. The van der Waals surface area contributed by atoms with E-state index in [0.717, 1.165) is 12.1 Å². The summed E-state index contributed by atoms with van der Waals surface area (Å²) >= 11 is 5.64. The molecule has 1 N–H and O–H groups in total. The molecule has 0 aliphatic rings. The van der Waals surface area contributed by atoms with E-state index in [1.165, 1.54) is 24.4 Å². The summed E-state index contributed by atoms with van der Waals surface area (Å²) < 4.78 is 39.6. The Hall–Kier alpha value is -2.17. The van der Waals surface area contributed by atoms with Crippen LogP contribution >= 0.6 is 11.6 Å². The third-order valence-electron chi connectivity index (χ3n) is 2.28. The quantitative estimate of drug-likeness (QED) is 0.944. The van der Waals surface area contributed by atoms with E-state index >= 15 is 0 Å². The number of anilines is 1. The zero-order chi connectivity index (χ0) is 14.8. The average molecular weight is 312 g/mol. The highest BCUT2D eigenvalue weighted by atomic mass is 35.5. The smallest absolute Gasteiger partial charge is 0.264 e. The molecule has 0 atom stereocenters. The van der Waals surface area contributed by atoms with Crippen molar-refractivity contribution in [1.29, 1.82) is 5.26 Å². The van der Waals surface area contributed by atoms with Crippen LogP contribution in [-0.2, 0) is 10.0 Å². The molecule has 0 fully saturated rings. The van der Waals surface area contributed by atoms with E-state index < -0.39 is 15.8 Å². The lowest BCUT2D eigenvalue weighted by molar-refractivity contribution is 0.600. The summed E-state index contributed by atoms with van der Waals surface area (Å²) in [5.74, 6) is -0.679. The van der Waals surface area contributed by atoms with Gasteiger partial charge in [-0.1, -0.05) is 11.6 Å². The fourth-order valence-electron chi connectivity index (χ4n) is 1.51. The first kappa shape index (κ1) is 14.2. The number of benzene rings is 1. The minimum Gasteiger partial charge on any atom is -0.279 e. The number of hydrogen-bond acceptors (Lipinski definition) is 4. The van der Waals surface area contributed by atoms with Crippen molar-refractivity contribution >= 4 is 27.3 Å². The van der Waals surface area contributed by atoms with E-state index in [1.54, 1.807) is 6.07 Å². The standard InChI is InChI=1S/C12H7ClFN3O2S/c13-8-4-9(14)6-10(5-8)17-20(18,19)12-2-1-3-16-11(12)7-15/h1-6,17H. The molecule has 2 rings (SSSR count). The van der Waals surface area contributed by atoms with Gasteiger partial charge in [0, 0.05) is 11.2 Å². The van der Waals surface area contributed by atoms with Crippen LogP contribution in [0.15, 0.2) is 41.4 Å². The molecule has 0 radical (unpaired) electrons. The molecule has 0 spiro atoms. The molecule has 0 aliphatic heterocycles. The Kier molecular flexibility index (Phi) is 3.88. The Morgan fingerprint density at radius 3 is 2.75 bits per heavy atom. The van der Waals surface area contributed by atoms with Gasteiger partial charge in [-0.3, -0.25) is 4.72 Å². The van der Waals surface area contributed by atoms with Gasteiger partial charge in [0.1, 0.15) is 16.8 Å². The number of nitriles is 1. The highest BCUT2D eigenvalue weighted by Crippen LogP contribution is 2.22. The summed E-state index contributed by atoms with van der Waals surface area (Å²) in [7, 11) is -4.05. The summed E-state index contributed by atoms with van der Waals surface area (Å²) in [5, 5.41) is 8.90. The molecule has 1 aromatic carbocycles. The van der Waals surface area contributed by atoms with Crippen LogP contribution in [0.4, 0.5) is 10.1 Å². The first-order chi connectivity index (χ1) is 9.42. The Bertz CT molecular complexity index is 782. The molecule has 2 aromatic rings. The fraction of sp³-hybridized carbons (Fsp3) is 0. The molecule has 1 aromatic heterocycles. The summed E-state index contributed by atoms with van der Waals surface area (Å²) in [6.07, 6.45) is 1.30. The zero-order valence-corrected chi connectivity index (χ0v) is 11.4. The number of rotatable bonds is 3. The van der Waals surface area contributed by atoms with Crippen molar-refractivity contribution in [1.82, 2.24) is 4.98 Å². The van der Waals surface area contributed by atoms with Gasteiger partial charge >= 0.3 is 0 Å². The monoisotopic (exact) mass is 311 g/mol. The maximum absolute atomic E-state index is 13.2. The maximum atomic E-state index is 13.2. The van der Waals surface area contributed by atoms with Gasteiger partial charge < -0.3 is 0 Å². The van der Waals surface area contributed by atoms with Crippen molar-refractivity contribution in [3.8, 4) is 6.07 Å². The molecule has 0 aliphatic carbocycles. The van der Waals surface area contributed by atoms with Crippen LogP contribution in [0.3, 0.4) is 0 Å². The normalized spacial score (nSPS) is 10.8. The van der Waals surface area contributed by atoms with E-state index in [1.807, 2.05) is 0 Å². The van der Waals surface area contributed by atoms with Crippen molar-refractivity contribution in [2.45, 2.75) is 4.90 Å². The first-order valence-corrected chi connectivity index (χ1v) is 7.12. The summed E-state index contributed by atoms with van der Waals surface area (Å²) in [5.41, 5.74) is -0.287. The number of pyridine rings is 1. The van der Waals surface area contributed by atoms with Gasteiger partial charge in [-0.2, -0.15) is 5.26 Å². The van der Waals surface area contributed by atoms with Crippen molar-refractivity contribution in [2.24, 2.45) is 0 Å². The Balaban J connectivity index is 2.44. The van der Waals surface area contributed by atoms with Gasteiger partial charge in [0.15, 0.2) is 5.69 Å². The highest BCUT2D eigenvalue weighted by Gasteiger charge is 2.19. The van der Waals surface area contributed by atoms with Gasteiger partial charge in [0.2, 0.25) is 0 Å². The molecule has 20 heavy (non-hydrogen) atoms. The minimum atomic E-state index is -4.05. The summed E-state index contributed by atoms with van der Waals surface area (Å²) in [6.45, 7) is 0. The highest BCUT2D eigenvalue weighted by molar-refractivity contribution is 7.92. The topological polar surface area (TPSA) is 82.8 Å². The van der Waals surface area contributed by atoms with Gasteiger partial charge in [0.05, 0.1) is 5.69 Å². The molecule has 0 unspecified atom stereocenters. The average Bonchev–Trinajstić information content (AvgIpc) is 2.36. The van der Waals surface area contributed by atoms with Crippen molar-refractivity contribution < 1.29 is 12.8 Å². The third-order valence-corrected chi connectivity index (χ3v) is 3.91. The fourth-order valence-corrected chi connectivity index (χ4v) is 2.88. The second-order valence-corrected chi connectivity index (χ2v) is 5.81. The molecule has 0 saturated heterocycles. The predicted octanol–water partition coefficient (Wildman–Crippen LogP) is 2.55. The molecule has 5 nitrogen and oxygen atoms in total. The molecule has 1 heterocycles. The number of sulfonamides is 1. The maximum Gasteiger partial charge on any atom is 0.264 e. The Morgan fingerprint density at radius 1 is 1.35 bits per heavy atom. The summed E-state index contributed by atoms with van der Waals surface area (Å²) in [6, 6.07) is 7.57. The predicted molar refractivity (Wildman–Crippen MR) is 71.2 cm³/mol. The molecule has 0 saturated carbocycles. The first-order valence-electron chi connectivity index (χ1n) is 5.26. The van der Waals surface area contributed by atoms with Crippen LogP contribution in [0, 0.1) is 17.1 Å². The molecular formula is C12H7ClFN3O2S. The van der Waals surface area contributed by atoms with E-state index in [2.05, 4.69) is 9.71 Å². The molecule has 0 amide bonds. The Morgan fingerprint density at radius 2 is 2.10 bits per heavy atom. The van der Waals surface area contributed by atoms with Crippen LogP contribution in [-0.4, -0.2) is 13.4 Å². The second kappa shape index (κ2) is 5.45. The second-order valence-electron chi connectivity index (χ2n) is 3.73. The molecule has 102 valence electrons. The van der Waals surface area contributed by atoms with E-state index in [9.17, 15) is 12.8 Å². The van der Waals surface area contributed by atoms with Crippen LogP contribution in [0.2, 0.25) is 5.02 Å². The lowest BCUT2D eigenvalue weighted by atomic mass is 10.3. The number of aromatic nitrogens is 1. The van der Waals surface area contributed by atoms with Crippen LogP contribution in [0.5, 0.6) is 0 Å². The largest absolute Gasteiger partial charge is 0.279 e. The number of hydrogen-bond donors (Lipinski definition) is 1. The number of halogens is 2. The van der Waals surface area contributed by atoms with Gasteiger partial charge in [0.25, 0.3) is 10.0 Å². The minimum absolute atomic E-state index is 0.0391. The molecular weight excluding hydrogens is 305 g/mol. The third kappa shape index (κ3) is 3.04. The lowest BCUT2D eigenvalue weighted by Crippen LogP contribution is -2.15. The van der Waals surface area contributed by atoms with Crippen molar-refractivity contribution in [2.75, 3.05) is 4.72 Å². The van der Waals surface area contributed by atoms with E-state index in [0.29, 0.717) is 0 Å².